The second-order valence-corrected chi connectivity index (χ2v) is 5.81. The van der Waals surface area contributed by atoms with Crippen molar-refractivity contribution in [3.63, 3.8) is 0 Å². The van der Waals surface area contributed by atoms with E-state index in [9.17, 15) is 14.4 Å². The number of benzene rings is 1. The molecule has 140 valence electrons. The molecule has 8 nitrogen and oxygen atoms in total. The van der Waals surface area contributed by atoms with Crippen molar-refractivity contribution in [1.82, 2.24) is 0 Å². The molecule has 0 aromatic heterocycles. The van der Waals surface area contributed by atoms with Gasteiger partial charge in [0.1, 0.15) is 12.4 Å². The molecule has 0 radical (unpaired) electrons. The zero-order valence-corrected chi connectivity index (χ0v) is 15.6. The number of anilines is 1. The highest BCUT2D eigenvalue weighted by Gasteiger charge is 2.34. The van der Waals surface area contributed by atoms with Crippen LogP contribution in [-0.4, -0.2) is 52.6 Å². The average molecular weight is 404 g/mol. The second-order valence-electron chi connectivity index (χ2n) is 4.99. The predicted molar refractivity (Wildman–Crippen MR) is 92.2 cm³/mol. The summed E-state index contributed by atoms with van der Waals surface area (Å²) in [5.41, 5.74) is -0.00703. The highest BCUT2D eigenvalue weighted by molar-refractivity contribution is 6.42. The lowest BCUT2D eigenvalue weighted by molar-refractivity contribution is -0.140. The van der Waals surface area contributed by atoms with Gasteiger partial charge in [0.25, 0.3) is 0 Å². The van der Waals surface area contributed by atoms with Crippen molar-refractivity contribution >= 4 is 46.8 Å². The Labute approximate surface area is 159 Å². The van der Waals surface area contributed by atoms with Crippen LogP contribution in [0.5, 0.6) is 0 Å². The van der Waals surface area contributed by atoms with Crippen LogP contribution in [0.15, 0.2) is 23.4 Å². The molecule has 0 spiro atoms. The Balaban J connectivity index is 2.72. The Morgan fingerprint density at radius 1 is 0.962 bits per heavy atom. The molecule has 2 rings (SSSR count). The Kier molecular flexibility index (Phi) is 6.47. The highest BCUT2D eigenvalue weighted by Crippen LogP contribution is 2.35. The van der Waals surface area contributed by atoms with Gasteiger partial charge < -0.3 is 23.8 Å². The van der Waals surface area contributed by atoms with Crippen LogP contribution in [0, 0.1) is 0 Å². The molecule has 0 saturated carbocycles. The van der Waals surface area contributed by atoms with Crippen LogP contribution in [-0.2, 0) is 28.5 Å². The molecule has 10 heteroatoms. The minimum Gasteiger partial charge on any atom is -0.466 e. The van der Waals surface area contributed by atoms with Gasteiger partial charge in [-0.25, -0.2) is 14.4 Å². The molecule has 1 aliphatic rings. The van der Waals surface area contributed by atoms with Crippen molar-refractivity contribution in [2.75, 3.05) is 39.6 Å². The molecule has 1 aliphatic heterocycles. The van der Waals surface area contributed by atoms with E-state index >= 15 is 0 Å². The van der Waals surface area contributed by atoms with Crippen molar-refractivity contribution in [2.24, 2.45) is 0 Å². The number of ether oxygens (including phenoxy) is 4. The number of carbonyl (C=O) groups is 3. The number of halogens is 2. The van der Waals surface area contributed by atoms with Crippen molar-refractivity contribution in [3.05, 3.63) is 39.0 Å². The molecule has 1 aromatic carbocycles. The van der Waals surface area contributed by atoms with Crippen molar-refractivity contribution in [2.45, 2.75) is 0 Å². The van der Waals surface area contributed by atoms with Gasteiger partial charge in [-0.2, -0.15) is 0 Å². The zero-order valence-electron chi connectivity index (χ0n) is 14.1. The van der Waals surface area contributed by atoms with E-state index < -0.39 is 17.9 Å². The molecule has 0 unspecified atom stereocenters. The Bertz CT molecular complexity index is 791. The lowest BCUT2D eigenvalue weighted by Crippen LogP contribution is -2.39. The van der Waals surface area contributed by atoms with Gasteiger partial charge in [-0.15, -0.1) is 0 Å². The Hall–Kier alpha value is -2.29. The summed E-state index contributed by atoms with van der Waals surface area (Å²) in [6.45, 7) is -0.310. The molecule has 0 amide bonds. The topological polar surface area (TPSA) is 91.4 Å². The SMILES string of the molecule is COC(=O)C1=C(C(=O)OC)N(c2cc(Cl)c(Cl)cc2C(=O)OC)COC1. The molecule has 26 heavy (non-hydrogen) atoms. The highest BCUT2D eigenvalue weighted by atomic mass is 35.5. The number of rotatable bonds is 4. The minimum atomic E-state index is -0.810. The third-order valence-corrected chi connectivity index (χ3v) is 4.29. The summed E-state index contributed by atoms with van der Waals surface area (Å²) in [6.07, 6.45) is 0. The summed E-state index contributed by atoms with van der Waals surface area (Å²) in [6, 6.07) is 2.66. The van der Waals surface area contributed by atoms with E-state index in [0.29, 0.717) is 0 Å². The van der Waals surface area contributed by atoms with Crippen LogP contribution < -0.4 is 4.90 Å². The van der Waals surface area contributed by atoms with Gasteiger partial charge in [-0.05, 0) is 12.1 Å². The van der Waals surface area contributed by atoms with E-state index in [1.165, 1.54) is 31.3 Å². The van der Waals surface area contributed by atoms with Crippen LogP contribution in [0.1, 0.15) is 10.4 Å². The van der Waals surface area contributed by atoms with Crippen molar-refractivity contribution < 1.29 is 33.3 Å². The summed E-state index contributed by atoms with van der Waals surface area (Å²) in [5, 5.41) is 0.245. The van der Waals surface area contributed by atoms with Crippen molar-refractivity contribution in [3.8, 4) is 0 Å². The Morgan fingerprint density at radius 3 is 2.12 bits per heavy atom. The summed E-state index contributed by atoms with van der Waals surface area (Å²) >= 11 is 12.1. The fourth-order valence-corrected chi connectivity index (χ4v) is 2.69. The van der Waals surface area contributed by atoms with Gasteiger partial charge >= 0.3 is 17.9 Å². The monoisotopic (exact) mass is 403 g/mol. The fraction of sp³-hybridized carbons (Fsp3) is 0.312. The van der Waals surface area contributed by atoms with E-state index in [2.05, 4.69) is 0 Å². The maximum absolute atomic E-state index is 12.3. The van der Waals surface area contributed by atoms with Crippen molar-refractivity contribution in [1.29, 1.82) is 0 Å². The van der Waals surface area contributed by atoms with Gasteiger partial charge in [0.15, 0.2) is 0 Å². The molecule has 0 N–H and O–H groups in total. The normalized spacial score (nSPS) is 14.1. The number of hydrogen-bond donors (Lipinski definition) is 0. The molecule has 0 fully saturated rings. The van der Waals surface area contributed by atoms with Gasteiger partial charge in [-0.3, -0.25) is 0 Å². The van der Waals surface area contributed by atoms with Gasteiger partial charge in [0, 0.05) is 0 Å². The number of carbonyl (C=O) groups excluding carboxylic acids is 3. The number of esters is 3. The predicted octanol–water partition coefficient (Wildman–Crippen LogP) is 2.17. The summed E-state index contributed by atoms with van der Waals surface area (Å²) in [7, 11) is 3.52. The quantitative estimate of drug-likeness (QED) is 0.557. The van der Waals surface area contributed by atoms with Crippen LogP contribution in [0.3, 0.4) is 0 Å². The standard InChI is InChI=1S/C16H15Cl2NO7/c1-23-14(20)8-4-10(17)11(18)5-12(8)19-7-26-6-9(15(21)24-2)13(19)16(22)25-3/h4-5H,6-7H2,1-3H3. The first kappa shape index (κ1) is 20.0. The number of nitrogens with zero attached hydrogens (tertiary/aromatic N) is 1. The van der Waals surface area contributed by atoms with Crippen LogP contribution >= 0.6 is 23.2 Å². The van der Waals surface area contributed by atoms with E-state index in [4.69, 9.17) is 42.1 Å². The molecule has 1 aromatic rings. The molecular weight excluding hydrogens is 389 g/mol. The van der Waals surface area contributed by atoms with Gasteiger partial charge in [0.05, 0.1) is 54.8 Å². The van der Waals surface area contributed by atoms with E-state index in [-0.39, 0.29) is 45.9 Å². The second kappa shape index (κ2) is 8.39. The Morgan fingerprint density at radius 2 is 1.54 bits per heavy atom. The van der Waals surface area contributed by atoms with E-state index in [1.807, 2.05) is 0 Å². The first-order valence-electron chi connectivity index (χ1n) is 7.18. The maximum atomic E-state index is 12.3. The summed E-state index contributed by atoms with van der Waals surface area (Å²) in [5.74, 6) is -2.29. The smallest absolute Gasteiger partial charge is 0.355 e. The third kappa shape index (κ3) is 3.77. The van der Waals surface area contributed by atoms with E-state index in [0.717, 1.165) is 7.11 Å². The third-order valence-electron chi connectivity index (χ3n) is 3.57. The summed E-state index contributed by atoms with van der Waals surface area (Å²) < 4.78 is 19.6. The zero-order chi connectivity index (χ0) is 19.4. The number of hydrogen-bond acceptors (Lipinski definition) is 8. The average Bonchev–Trinajstić information content (AvgIpc) is 2.67. The largest absolute Gasteiger partial charge is 0.466 e. The van der Waals surface area contributed by atoms with E-state index in [1.54, 1.807) is 0 Å². The van der Waals surface area contributed by atoms with Gasteiger partial charge in [-0.1, -0.05) is 23.2 Å². The molecule has 0 bridgehead atoms. The molecule has 0 atom stereocenters. The first-order valence-corrected chi connectivity index (χ1v) is 7.93. The van der Waals surface area contributed by atoms with Crippen LogP contribution in [0.2, 0.25) is 10.0 Å². The maximum Gasteiger partial charge on any atom is 0.355 e. The summed E-state index contributed by atoms with van der Waals surface area (Å²) in [4.78, 5) is 37.8. The fourth-order valence-electron chi connectivity index (χ4n) is 2.37. The molecule has 0 saturated heterocycles. The van der Waals surface area contributed by atoms with Gasteiger partial charge in [0.2, 0.25) is 0 Å². The van der Waals surface area contributed by atoms with Crippen LogP contribution in [0.25, 0.3) is 0 Å². The minimum absolute atomic E-state index is 0.0259. The van der Waals surface area contributed by atoms with Crippen LogP contribution in [0.4, 0.5) is 5.69 Å². The lowest BCUT2D eigenvalue weighted by atomic mass is 10.1. The molecule has 0 aliphatic carbocycles. The molecular formula is C16H15Cl2NO7. The lowest BCUT2D eigenvalue weighted by Gasteiger charge is -2.32. The first-order chi connectivity index (χ1) is 12.3. The number of methoxy groups -OCH3 is 3. The molecule has 1 heterocycles.